The number of hydrogen-bond acceptors (Lipinski definition) is 2. The maximum Gasteiger partial charge on any atom is 0.143 e. The second kappa shape index (κ2) is 6.07. The van der Waals surface area contributed by atoms with E-state index in [4.69, 9.17) is 27.9 Å². The molecule has 0 radical (unpaired) electrons. The van der Waals surface area contributed by atoms with Crippen molar-refractivity contribution >= 4 is 44.8 Å². The van der Waals surface area contributed by atoms with Gasteiger partial charge in [0.15, 0.2) is 0 Å². The van der Waals surface area contributed by atoms with Crippen LogP contribution in [-0.2, 0) is 6.42 Å². The van der Waals surface area contributed by atoms with Crippen molar-refractivity contribution in [1.82, 2.24) is 0 Å². The van der Waals surface area contributed by atoms with Gasteiger partial charge in [0.05, 0.1) is 23.9 Å². The van der Waals surface area contributed by atoms with Crippen molar-refractivity contribution in [3.05, 3.63) is 56.0 Å². The molecule has 1 aliphatic heterocycles. The van der Waals surface area contributed by atoms with Crippen molar-refractivity contribution in [2.24, 2.45) is 0 Å². The van der Waals surface area contributed by atoms with E-state index in [1.807, 2.05) is 24.3 Å². The third-order valence-electron chi connectivity index (χ3n) is 3.78. The Hall–Kier alpha value is -0.900. The van der Waals surface area contributed by atoms with Gasteiger partial charge in [-0.25, -0.2) is 0 Å². The van der Waals surface area contributed by atoms with Crippen LogP contribution in [0.5, 0.6) is 5.75 Å². The van der Waals surface area contributed by atoms with Gasteiger partial charge in [-0.2, -0.15) is 0 Å². The number of hydrogen-bond donors (Lipinski definition) is 1. The normalized spacial score (nSPS) is 17.0. The first kappa shape index (κ1) is 15.0. The van der Waals surface area contributed by atoms with Crippen LogP contribution in [0.25, 0.3) is 0 Å². The minimum Gasteiger partial charge on any atom is -0.495 e. The summed E-state index contributed by atoms with van der Waals surface area (Å²) in [4.78, 5) is 0. The maximum atomic E-state index is 6.40. The monoisotopic (exact) mass is 385 g/mol. The van der Waals surface area contributed by atoms with Crippen LogP contribution in [0.4, 0.5) is 5.69 Å². The van der Waals surface area contributed by atoms with Crippen molar-refractivity contribution in [3.63, 3.8) is 0 Å². The van der Waals surface area contributed by atoms with E-state index in [0.717, 1.165) is 49.9 Å². The van der Waals surface area contributed by atoms with E-state index >= 15 is 0 Å². The van der Waals surface area contributed by atoms with Crippen LogP contribution < -0.4 is 10.1 Å². The lowest BCUT2D eigenvalue weighted by Crippen LogP contribution is -2.19. The molecule has 0 spiro atoms. The summed E-state index contributed by atoms with van der Waals surface area (Å²) in [7, 11) is 1.66. The molecule has 1 atom stereocenters. The highest BCUT2D eigenvalue weighted by atomic mass is 79.9. The summed E-state index contributed by atoms with van der Waals surface area (Å²) in [6, 6.07) is 9.97. The molecule has 1 unspecified atom stereocenters. The van der Waals surface area contributed by atoms with Gasteiger partial charge in [-0.15, -0.1) is 0 Å². The fourth-order valence-electron chi connectivity index (χ4n) is 2.73. The predicted octanol–water partition coefficient (Wildman–Crippen LogP) is 5.86. The molecule has 2 nitrogen and oxygen atoms in total. The third kappa shape index (κ3) is 2.75. The van der Waals surface area contributed by atoms with Gasteiger partial charge < -0.3 is 10.1 Å². The Labute approximate surface area is 142 Å². The Bertz CT molecular complexity index is 690. The lowest BCUT2D eigenvalue weighted by atomic mass is 9.93. The zero-order valence-electron chi connectivity index (χ0n) is 11.4. The number of ether oxygens (including phenoxy) is 1. The molecule has 0 aliphatic carbocycles. The van der Waals surface area contributed by atoms with Crippen LogP contribution in [0.3, 0.4) is 0 Å². The Balaban J connectivity index is 2.03. The van der Waals surface area contributed by atoms with Crippen molar-refractivity contribution in [3.8, 4) is 5.75 Å². The Morgan fingerprint density at radius 1 is 1.29 bits per heavy atom. The van der Waals surface area contributed by atoms with Crippen LogP contribution in [0.15, 0.2) is 34.8 Å². The molecule has 0 amide bonds. The van der Waals surface area contributed by atoms with E-state index in [2.05, 4.69) is 27.3 Å². The van der Waals surface area contributed by atoms with Crippen molar-refractivity contribution < 1.29 is 4.74 Å². The van der Waals surface area contributed by atoms with Gasteiger partial charge >= 0.3 is 0 Å². The third-order valence-corrected chi connectivity index (χ3v) is 5.41. The Morgan fingerprint density at radius 3 is 2.76 bits per heavy atom. The van der Waals surface area contributed by atoms with Crippen LogP contribution >= 0.6 is 39.1 Å². The molecule has 2 aromatic rings. The van der Waals surface area contributed by atoms with E-state index < -0.39 is 0 Å². The highest BCUT2D eigenvalue weighted by Gasteiger charge is 2.26. The molecule has 0 aromatic heterocycles. The van der Waals surface area contributed by atoms with E-state index in [0.29, 0.717) is 0 Å². The first-order valence-corrected chi connectivity index (χ1v) is 8.22. The van der Waals surface area contributed by atoms with Gasteiger partial charge in [-0.05, 0) is 52.0 Å². The van der Waals surface area contributed by atoms with E-state index in [9.17, 15) is 0 Å². The molecule has 2 aromatic carbocycles. The largest absolute Gasteiger partial charge is 0.495 e. The van der Waals surface area contributed by atoms with Gasteiger partial charge in [0.25, 0.3) is 0 Å². The van der Waals surface area contributed by atoms with E-state index in [1.165, 1.54) is 0 Å². The van der Waals surface area contributed by atoms with Crippen molar-refractivity contribution in [1.29, 1.82) is 0 Å². The fourth-order valence-corrected chi connectivity index (χ4v) is 3.69. The summed E-state index contributed by atoms with van der Waals surface area (Å²) in [5.74, 6) is 0.790. The number of nitrogens with one attached hydrogen (secondary N) is 1. The molecular formula is C16H14BrCl2NO. The molecule has 0 saturated carbocycles. The van der Waals surface area contributed by atoms with Crippen molar-refractivity contribution in [2.45, 2.75) is 18.9 Å². The van der Waals surface area contributed by atoms with Crippen LogP contribution in [0.2, 0.25) is 10.0 Å². The Kier molecular flexibility index (Phi) is 4.34. The maximum absolute atomic E-state index is 6.40. The van der Waals surface area contributed by atoms with Gasteiger partial charge in [0.1, 0.15) is 5.75 Å². The number of methoxy groups -OCH3 is 1. The highest BCUT2D eigenvalue weighted by molar-refractivity contribution is 9.10. The minimum absolute atomic E-state index is 0.164. The molecule has 5 heteroatoms. The molecule has 3 rings (SSSR count). The second-order valence-electron chi connectivity index (χ2n) is 4.99. The molecule has 1 N–H and O–H groups in total. The lowest BCUT2D eigenvalue weighted by Gasteiger charge is -2.30. The summed E-state index contributed by atoms with van der Waals surface area (Å²) in [5, 5.41) is 5.05. The summed E-state index contributed by atoms with van der Waals surface area (Å²) < 4.78 is 6.34. The van der Waals surface area contributed by atoms with E-state index in [-0.39, 0.29) is 6.04 Å². The summed E-state index contributed by atoms with van der Waals surface area (Å²) in [5.41, 5.74) is 3.15. The van der Waals surface area contributed by atoms with Gasteiger partial charge in [0.2, 0.25) is 0 Å². The molecular weight excluding hydrogens is 373 g/mol. The standard InChI is InChI=1S/C16H14BrCl2NO/c1-21-14-8-11(17)15(19)10-6-7-13(20-16(10)14)9-4-2-3-5-12(9)18/h2-5,8,13,20H,6-7H2,1H3. The summed E-state index contributed by atoms with van der Waals surface area (Å²) >= 11 is 16.2. The average molecular weight is 387 g/mol. The molecule has 21 heavy (non-hydrogen) atoms. The fraction of sp³-hybridized carbons (Fsp3) is 0.250. The number of fused-ring (bicyclic) bond motifs is 1. The first-order chi connectivity index (χ1) is 10.1. The average Bonchev–Trinajstić information content (AvgIpc) is 2.51. The zero-order chi connectivity index (χ0) is 15.0. The number of rotatable bonds is 2. The number of benzene rings is 2. The van der Waals surface area contributed by atoms with Crippen LogP contribution in [0, 0.1) is 0 Å². The summed E-state index contributed by atoms with van der Waals surface area (Å²) in [6.45, 7) is 0. The van der Waals surface area contributed by atoms with Crippen molar-refractivity contribution in [2.75, 3.05) is 12.4 Å². The van der Waals surface area contributed by atoms with Gasteiger partial charge in [-0.3, -0.25) is 0 Å². The first-order valence-electron chi connectivity index (χ1n) is 6.67. The molecule has 110 valence electrons. The minimum atomic E-state index is 0.164. The molecule has 1 aliphatic rings. The Morgan fingerprint density at radius 2 is 2.05 bits per heavy atom. The predicted molar refractivity (Wildman–Crippen MR) is 91.8 cm³/mol. The second-order valence-corrected chi connectivity index (χ2v) is 6.62. The van der Waals surface area contributed by atoms with Gasteiger partial charge in [-0.1, -0.05) is 41.4 Å². The molecule has 1 heterocycles. The highest BCUT2D eigenvalue weighted by Crippen LogP contribution is 2.45. The van der Waals surface area contributed by atoms with Crippen LogP contribution in [-0.4, -0.2) is 7.11 Å². The van der Waals surface area contributed by atoms with Gasteiger partial charge in [0, 0.05) is 9.50 Å². The number of anilines is 1. The molecule has 0 saturated heterocycles. The lowest BCUT2D eigenvalue weighted by molar-refractivity contribution is 0.414. The smallest absolute Gasteiger partial charge is 0.143 e. The topological polar surface area (TPSA) is 21.3 Å². The SMILES string of the molecule is COc1cc(Br)c(Cl)c2c1NC(c1ccccc1Cl)CC2. The molecule has 0 bridgehead atoms. The number of halogens is 3. The quantitative estimate of drug-likeness (QED) is 0.697. The molecule has 0 fully saturated rings. The van der Waals surface area contributed by atoms with E-state index in [1.54, 1.807) is 7.11 Å². The summed E-state index contributed by atoms with van der Waals surface area (Å²) in [6.07, 6.45) is 1.82. The zero-order valence-corrected chi connectivity index (χ0v) is 14.5. The van der Waals surface area contributed by atoms with Crippen LogP contribution in [0.1, 0.15) is 23.6 Å².